The van der Waals surface area contributed by atoms with E-state index in [0.717, 1.165) is 12.8 Å². The van der Waals surface area contributed by atoms with Crippen molar-refractivity contribution in [3.63, 3.8) is 0 Å². The van der Waals surface area contributed by atoms with Crippen LogP contribution in [0.5, 0.6) is 0 Å². The summed E-state index contributed by atoms with van der Waals surface area (Å²) in [4.78, 5) is 23.2. The minimum Gasteiger partial charge on any atom is -0.478 e. The summed E-state index contributed by atoms with van der Waals surface area (Å²) in [5.41, 5.74) is -2.01. The highest BCUT2D eigenvalue weighted by Crippen LogP contribution is 2.33. The molecule has 0 radical (unpaired) electrons. The van der Waals surface area contributed by atoms with E-state index in [0.29, 0.717) is 28.9 Å². The Bertz CT molecular complexity index is 809. The van der Waals surface area contributed by atoms with Gasteiger partial charge in [0.15, 0.2) is 5.69 Å². The van der Waals surface area contributed by atoms with Gasteiger partial charge in [-0.1, -0.05) is 26.7 Å². The van der Waals surface area contributed by atoms with Crippen LogP contribution in [-0.4, -0.2) is 33.3 Å². The quantitative estimate of drug-likeness (QED) is 0.763. The lowest BCUT2D eigenvalue weighted by atomic mass is 10.0. The number of benzene rings is 1. The Hall–Kier alpha value is -2.84. The van der Waals surface area contributed by atoms with Gasteiger partial charge in [-0.25, -0.2) is 9.48 Å². The first-order valence-corrected chi connectivity index (χ1v) is 8.46. The van der Waals surface area contributed by atoms with Crippen LogP contribution in [0.1, 0.15) is 53.1 Å². The number of rotatable bonds is 7. The van der Waals surface area contributed by atoms with Crippen molar-refractivity contribution in [1.29, 1.82) is 0 Å². The zero-order valence-corrected chi connectivity index (χ0v) is 14.9. The molecule has 1 aromatic heterocycles. The highest BCUT2D eigenvalue weighted by atomic mass is 19.4. The number of carboxylic acid groups (broad SMARTS) is 1. The minimum absolute atomic E-state index is 0.00590. The van der Waals surface area contributed by atoms with Gasteiger partial charge in [-0.3, -0.25) is 4.79 Å². The normalized spacial score (nSPS) is 11.6. The molecular weight excluding hydrogens is 363 g/mol. The smallest absolute Gasteiger partial charge is 0.434 e. The van der Waals surface area contributed by atoms with Crippen molar-refractivity contribution in [3.8, 4) is 5.69 Å². The summed E-state index contributed by atoms with van der Waals surface area (Å²) in [5, 5.41) is 15.3. The number of amides is 1. The van der Waals surface area contributed by atoms with E-state index in [4.69, 9.17) is 5.11 Å². The topological polar surface area (TPSA) is 84.2 Å². The lowest BCUT2D eigenvalue weighted by Crippen LogP contribution is -2.28. The molecule has 6 nitrogen and oxygen atoms in total. The second-order valence-electron chi connectivity index (χ2n) is 6.06. The van der Waals surface area contributed by atoms with Gasteiger partial charge >= 0.3 is 12.1 Å². The van der Waals surface area contributed by atoms with E-state index in [2.05, 4.69) is 10.4 Å². The maximum Gasteiger partial charge on any atom is 0.434 e. The average Bonchev–Trinajstić information content (AvgIpc) is 3.08. The molecule has 1 aromatic carbocycles. The van der Waals surface area contributed by atoms with Crippen LogP contribution in [0.3, 0.4) is 0 Å². The monoisotopic (exact) mass is 383 g/mol. The number of aromatic carboxylic acids is 1. The van der Waals surface area contributed by atoms with Crippen LogP contribution in [0.2, 0.25) is 0 Å². The highest BCUT2D eigenvalue weighted by molar-refractivity contribution is 5.94. The Morgan fingerprint density at radius 3 is 2.26 bits per heavy atom. The van der Waals surface area contributed by atoms with Crippen LogP contribution < -0.4 is 5.32 Å². The number of carbonyl (C=O) groups is 2. The van der Waals surface area contributed by atoms with Crippen LogP contribution in [0.4, 0.5) is 13.2 Å². The molecule has 2 N–H and O–H groups in total. The van der Waals surface area contributed by atoms with Crippen molar-refractivity contribution in [2.45, 2.75) is 32.9 Å². The predicted octanol–water partition coefficient (Wildman–Crippen LogP) is 3.76. The summed E-state index contributed by atoms with van der Waals surface area (Å²) < 4.78 is 40.3. The average molecular weight is 383 g/mol. The Labute approximate surface area is 154 Å². The number of hydrogen-bond acceptors (Lipinski definition) is 3. The van der Waals surface area contributed by atoms with Gasteiger partial charge in [0.25, 0.3) is 5.91 Å². The summed E-state index contributed by atoms with van der Waals surface area (Å²) in [6.07, 6.45) is -2.38. The predicted molar refractivity (Wildman–Crippen MR) is 91.9 cm³/mol. The molecule has 1 amide bonds. The van der Waals surface area contributed by atoms with E-state index >= 15 is 0 Å². The molecule has 2 rings (SSSR count). The van der Waals surface area contributed by atoms with Crippen molar-refractivity contribution in [3.05, 3.63) is 47.3 Å². The molecule has 0 unspecified atom stereocenters. The third-order valence-corrected chi connectivity index (χ3v) is 4.35. The maximum atomic E-state index is 13.3. The molecule has 0 saturated carbocycles. The van der Waals surface area contributed by atoms with E-state index in [1.54, 1.807) is 0 Å². The summed E-state index contributed by atoms with van der Waals surface area (Å²) in [6, 6.07) is 5.33. The van der Waals surface area contributed by atoms with Crippen LogP contribution >= 0.6 is 0 Å². The first-order chi connectivity index (χ1) is 12.7. The zero-order chi connectivity index (χ0) is 20.2. The van der Waals surface area contributed by atoms with Gasteiger partial charge in [-0.05, 0) is 30.2 Å². The van der Waals surface area contributed by atoms with Crippen molar-refractivity contribution < 1.29 is 27.9 Å². The van der Waals surface area contributed by atoms with Crippen molar-refractivity contribution >= 4 is 11.9 Å². The third-order valence-electron chi connectivity index (χ3n) is 4.35. The number of nitrogens with zero attached hydrogens (tertiary/aromatic N) is 2. The summed E-state index contributed by atoms with van der Waals surface area (Å²) >= 11 is 0. The van der Waals surface area contributed by atoms with E-state index in [1.165, 1.54) is 24.3 Å². The minimum atomic E-state index is -4.89. The van der Waals surface area contributed by atoms with Crippen LogP contribution in [0.15, 0.2) is 30.5 Å². The van der Waals surface area contributed by atoms with Crippen molar-refractivity contribution in [2.24, 2.45) is 5.92 Å². The molecular formula is C18H20F3N3O3. The number of carbonyl (C=O) groups excluding carboxylic acids is 1. The number of aromatic nitrogens is 2. The Morgan fingerprint density at radius 1 is 1.19 bits per heavy atom. The second kappa shape index (κ2) is 8.24. The SMILES string of the molecule is CCC(CC)CNC(=O)c1ccc(-n2ncc(C(=O)O)c2C(F)(F)F)cc1. The Balaban J connectivity index is 2.26. The van der Waals surface area contributed by atoms with Gasteiger partial charge in [0, 0.05) is 12.1 Å². The summed E-state index contributed by atoms with van der Waals surface area (Å²) in [7, 11) is 0. The number of alkyl halides is 3. The van der Waals surface area contributed by atoms with Gasteiger partial charge in [0.2, 0.25) is 0 Å². The number of carboxylic acids is 1. The molecule has 0 aliphatic heterocycles. The van der Waals surface area contributed by atoms with Crippen molar-refractivity contribution in [2.75, 3.05) is 6.54 Å². The first kappa shape index (κ1) is 20.5. The molecule has 0 aliphatic rings. The van der Waals surface area contributed by atoms with Crippen LogP contribution in [-0.2, 0) is 6.18 Å². The lowest BCUT2D eigenvalue weighted by molar-refractivity contribution is -0.143. The summed E-state index contributed by atoms with van der Waals surface area (Å²) in [5.74, 6) is -1.68. The van der Waals surface area contributed by atoms with Gasteiger partial charge in [0.05, 0.1) is 11.9 Å². The van der Waals surface area contributed by atoms with Crippen LogP contribution in [0, 0.1) is 5.92 Å². The first-order valence-electron chi connectivity index (χ1n) is 8.46. The molecule has 1 heterocycles. The molecule has 0 bridgehead atoms. The molecule has 0 saturated heterocycles. The van der Waals surface area contributed by atoms with Gasteiger partial charge in [0.1, 0.15) is 5.56 Å². The lowest BCUT2D eigenvalue weighted by Gasteiger charge is -2.14. The molecule has 0 fully saturated rings. The standard InChI is InChI=1S/C18H20F3N3O3/c1-3-11(4-2)9-22-16(25)12-5-7-13(8-6-12)24-15(18(19,20)21)14(10-23-24)17(26)27/h5-8,10-11H,3-4,9H2,1-2H3,(H,22,25)(H,26,27). The maximum absolute atomic E-state index is 13.3. The van der Waals surface area contributed by atoms with Gasteiger partial charge in [-0.15, -0.1) is 0 Å². The molecule has 146 valence electrons. The molecule has 0 atom stereocenters. The van der Waals surface area contributed by atoms with E-state index in [1.807, 2.05) is 13.8 Å². The third kappa shape index (κ3) is 4.66. The van der Waals surface area contributed by atoms with E-state index in [9.17, 15) is 22.8 Å². The molecule has 0 spiro atoms. The number of nitrogens with one attached hydrogen (secondary N) is 1. The Morgan fingerprint density at radius 2 is 1.78 bits per heavy atom. The molecule has 27 heavy (non-hydrogen) atoms. The molecule has 9 heteroatoms. The highest BCUT2D eigenvalue weighted by Gasteiger charge is 2.40. The fraction of sp³-hybridized carbons (Fsp3) is 0.389. The fourth-order valence-electron chi connectivity index (χ4n) is 2.64. The number of halogens is 3. The number of hydrogen-bond donors (Lipinski definition) is 2. The summed E-state index contributed by atoms with van der Waals surface area (Å²) in [6.45, 7) is 4.58. The van der Waals surface area contributed by atoms with E-state index in [-0.39, 0.29) is 11.6 Å². The largest absolute Gasteiger partial charge is 0.478 e. The van der Waals surface area contributed by atoms with Crippen LogP contribution in [0.25, 0.3) is 5.69 Å². The zero-order valence-electron chi connectivity index (χ0n) is 14.9. The Kier molecular flexibility index (Phi) is 6.24. The molecule has 2 aromatic rings. The van der Waals surface area contributed by atoms with Gasteiger partial charge < -0.3 is 10.4 Å². The van der Waals surface area contributed by atoms with E-state index < -0.39 is 23.4 Å². The second-order valence-corrected chi connectivity index (χ2v) is 6.06. The van der Waals surface area contributed by atoms with Gasteiger partial charge in [-0.2, -0.15) is 18.3 Å². The molecule has 0 aliphatic carbocycles. The van der Waals surface area contributed by atoms with Crippen molar-refractivity contribution in [1.82, 2.24) is 15.1 Å². The fourth-order valence-corrected chi connectivity index (χ4v) is 2.64.